The molecular weight excluding hydrogens is 390 g/mol. The molecule has 0 radical (unpaired) electrons. The van der Waals surface area contributed by atoms with E-state index >= 15 is 0 Å². The number of hydrogen-bond donors (Lipinski definition) is 1. The van der Waals surface area contributed by atoms with Crippen molar-refractivity contribution in [3.63, 3.8) is 0 Å². The molecule has 0 saturated carbocycles. The van der Waals surface area contributed by atoms with E-state index in [2.05, 4.69) is 24.1 Å². The summed E-state index contributed by atoms with van der Waals surface area (Å²) in [6.45, 7) is 1.40. The Balaban J connectivity index is 1.81. The maximum Gasteiger partial charge on any atom is 0.205 e. The summed E-state index contributed by atoms with van der Waals surface area (Å²) in [6, 6.07) is 17.9. The lowest BCUT2D eigenvalue weighted by atomic mass is 9.80. The van der Waals surface area contributed by atoms with Crippen LogP contribution in [0.4, 0.5) is 0 Å². The number of benzene rings is 2. The second-order valence-electron chi connectivity index (χ2n) is 7.67. The molecule has 6 heteroatoms. The molecule has 31 heavy (non-hydrogen) atoms. The highest BCUT2D eigenvalue weighted by atomic mass is 16.5. The summed E-state index contributed by atoms with van der Waals surface area (Å²) < 4.78 is 16.6. The first-order valence-corrected chi connectivity index (χ1v) is 10.0. The highest BCUT2D eigenvalue weighted by Crippen LogP contribution is 2.43. The molecule has 4 rings (SSSR count). The number of ether oxygens (including phenoxy) is 3. The van der Waals surface area contributed by atoms with Crippen LogP contribution in [-0.4, -0.2) is 39.3 Å². The summed E-state index contributed by atoms with van der Waals surface area (Å²) in [5.41, 5.74) is 10.7. The Morgan fingerprint density at radius 3 is 2.23 bits per heavy atom. The van der Waals surface area contributed by atoms with Gasteiger partial charge in [0, 0.05) is 18.7 Å². The minimum atomic E-state index is -0.262. The number of nitrogens with zero attached hydrogens (tertiary/aromatic N) is 2. The zero-order chi connectivity index (χ0) is 22.0. The summed E-state index contributed by atoms with van der Waals surface area (Å²) in [5.74, 6) is 2.23. The highest BCUT2D eigenvalue weighted by molar-refractivity contribution is 5.63. The molecule has 0 spiro atoms. The summed E-state index contributed by atoms with van der Waals surface area (Å²) in [6.07, 6.45) is 2.10. The zero-order valence-electron chi connectivity index (χ0n) is 17.9. The van der Waals surface area contributed by atoms with Crippen molar-refractivity contribution in [2.75, 3.05) is 34.4 Å². The van der Waals surface area contributed by atoms with Crippen LogP contribution < -0.4 is 15.2 Å². The van der Waals surface area contributed by atoms with Crippen LogP contribution in [-0.2, 0) is 4.74 Å². The Kier molecular flexibility index (Phi) is 5.70. The molecule has 0 amide bonds. The van der Waals surface area contributed by atoms with Crippen LogP contribution in [0.5, 0.6) is 11.5 Å². The molecular formula is C25H25N3O3. The third-order valence-electron chi connectivity index (χ3n) is 5.60. The molecule has 6 nitrogen and oxygen atoms in total. The van der Waals surface area contributed by atoms with Gasteiger partial charge < -0.3 is 19.9 Å². The lowest BCUT2D eigenvalue weighted by Gasteiger charge is -2.36. The molecule has 0 fully saturated rings. The molecule has 2 N–H and O–H groups in total. The highest BCUT2D eigenvalue weighted by Gasteiger charge is 2.37. The first kappa shape index (κ1) is 20.6. The van der Waals surface area contributed by atoms with Crippen LogP contribution in [0, 0.1) is 11.3 Å². The molecule has 0 aliphatic carbocycles. The number of allylic oxidation sites excluding steroid dienone is 1. The molecule has 0 aromatic heterocycles. The zero-order valence-corrected chi connectivity index (χ0v) is 17.9. The number of rotatable bonds is 4. The van der Waals surface area contributed by atoms with E-state index in [1.807, 2.05) is 48.5 Å². The minimum absolute atomic E-state index is 0.159. The average molecular weight is 415 g/mol. The second kappa shape index (κ2) is 8.58. The van der Waals surface area contributed by atoms with E-state index < -0.39 is 0 Å². The van der Waals surface area contributed by atoms with Crippen LogP contribution in [0.25, 0.3) is 6.08 Å². The molecule has 2 aliphatic rings. The van der Waals surface area contributed by atoms with E-state index in [-0.39, 0.29) is 11.8 Å². The van der Waals surface area contributed by atoms with Crippen LogP contribution in [0.15, 0.2) is 76.9 Å². The second-order valence-corrected chi connectivity index (χ2v) is 7.67. The van der Waals surface area contributed by atoms with E-state index in [0.29, 0.717) is 12.1 Å². The molecule has 1 atom stereocenters. The third-order valence-corrected chi connectivity index (χ3v) is 5.60. The summed E-state index contributed by atoms with van der Waals surface area (Å²) >= 11 is 0. The van der Waals surface area contributed by atoms with Crippen molar-refractivity contribution in [3.05, 3.63) is 88.0 Å². The van der Waals surface area contributed by atoms with Crippen LogP contribution >= 0.6 is 0 Å². The van der Waals surface area contributed by atoms with E-state index in [1.54, 1.807) is 14.2 Å². The number of likely N-dealkylation sites (N-methyl/N-ethyl adjacent to an activating group) is 1. The van der Waals surface area contributed by atoms with Crippen LogP contribution in [0.3, 0.4) is 0 Å². The summed E-state index contributed by atoms with van der Waals surface area (Å²) in [4.78, 5) is 2.21. The molecule has 0 saturated heterocycles. The normalized spacial score (nSPS) is 20.2. The average Bonchev–Trinajstić information content (AvgIpc) is 2.79. The van der Waals surface area contributed by atoms with Gasteiger partial charge in [-0.3, -0.25) is 4.90 Å². The quantitative estimate of drug-likeness (QED) is 0.818. The first-order chi connectivity index (χ1) is 15.0. The van der Waals surface area contributed by atoms with E-state index in [1.165, 1.54) is 0 Å². The number of nitrogens with two attached hydrogens (primary N) is 1. The number of hydrogen-bond acceptors (Lipinski definition) is 6. The molecule has 2 aromatic carbocycles. The van der Waals surface area contributed by atoms with Crippen molar-refractivity contribution in [3.8, 4) is 17.6 Å². The molecule has 2 aromatic rings. The standard InChI is InChI=1S/C25H25N3O3/c1-28-14-18(12-16-4-8-19(29-2)9-5-16)24-22(15-28)23(21(13-26)25(27)31-24)17-6-10-20(30-3)11-7-17/h4-12,23H,14-15,27H2,1-3H3/b18-12+. The van der Waals surface area contributed by atoms with E-state index in [9.17, 15) is 5.26 Å². The number of nitriles is 1. The van der Waals surface area contributed by atoms with Gasteiger partial charge >= 0.3 is 0 Å². The molecule has 2 heterocycles. The summed E-state index contributed by atoms with van der Waals surface area (Å²) in [7, 11) is 5.34. The van der Waals surface area contributed by atoms with E-state index in [4.69, 9.17) is 19.9 Å². The Labute approximate surface area is 182 Å². The summed E-state index contributed by atoms with van der Waals surface area (Å²) in [5, 5.41) is 9.85. The molecule has 0 bridgehead atoms. The van der Waals surface area contributed by atoms with Gasteiger partial charge in [-0.2, -0.15) is 5.26 Å². The van der Waals surface area contributed by atoms with Gasteiger partial charge in [-0.25, -0.2) is 0 Å². The maximum atomic E-state index is 9.85. The van der Waals surface area contributed by atoms with Gasteiger partial charge in [0.25, 0.3) is 0 Å². The Bertz CT molecular complexity index is 1110. The fourth-order valence-electron chi connectivity index (χ4n) is 4.12. The van der Waals surface area contributed by atoms with Crippen molar-refractivity contribution in [1.82, 2.24) is 4.90 Å². The fourth-order valence-corrected chi connectivity index (χ4v) is 4.12. The van der Waals surface area contributed by atoms with Crippen molar-refractivity contribution < 1.29 is 14.2 Å². The Hall–Kier alpha value is -3.69. The predicted octanol–water partition coefficient (Wildman–Crippen LogP) is 3.79. The fraction of sp³-hybridized carbons (Fsp3) is 0.240. The lowest BCUT2D eigenvalue weighted by molar-refractivity contribution is 0.251. The van der Waals surface area contributed by atoms with Crippen LogP contribution in [0.1, 0.15) is 17.0 Å². The largest absolute Gasteiger partial charge is 0.497 e. The maximum absolute atomic E-state index is 9.85. The van der Waals surface area contributed by atoms with E-state index in [0.717, 1.165) is 46.1 Å². The number of methoxy groups -OCH3 is 2. The van der Waals surface area contributed by atoms with Crippen molar-refractivity contribution in [2.24, 2.45) is 5.73 Å². The molecule has 1 unspecified atom stereocenters. The van der Waals surface area contributed by atoms with Crippen molar-refractivity contribution in [2.45, 2.75) is 5.92 Å². The predicted molar refractivity (Wildman–Crippen MR) is 119 cm³/mol. The topological polar surface area (TPSA) is 80.7 Å². The monoisotopic (exact) mass is 415 g/mol. The molecule has 158 valence electrons. The van der Waals surface area contributed by atoms with Gasteiger partial charge in [-0.15, -0.1) is 0 Å². The molecule has 2 aliphatic heterocycles. The van der Waals surface area contributed by atoms with Gasteiger partial charge in [0.2, 0.25) is 5.88 Å². The minimum Gasteiger partial charge on any atom is -0.497 e. The van der Waals surface area contributed by atoms with Gasteiger partial charge in [0.05, 0.1) is 20.1 Å². The first-order valence-electron chi connectivity index (χ1n) is 10.0. The smallest absolute Gasteiger partial charge is 0.205 e. The Morgan fingerprint density at radius 1 is 1.03 bits per heavy atom. The third kappa shape index (κ3) is 4.00. The van der Waals surface area contributed by atoms with Crippen molar-refractivity contribution >= 4 is 6.08 Å². The van der Waals surface area contributed by atoms with Crippen molar-refractivity contribution in [1.29, 1.82) is 5.26 Å². The SMILES string of the molecule is COc1ccc(/C=C2\CN(C)CC3=C2OC(N)=C(C#N)C3c2ccc(OC)cc2)cc1. The van der Waals surface area contributed by atoms with Crippen LogP contribution in [0.2, 0.25) is 0 Å². The van der Waals surface area contributed by atoms with Gasteiger partial charge in [0.15, 0.2) is 0 Å². The van der Waals surface area contributed by atoms with Gasteiger partial charge in [-0.1, -0.05) is 24.3 Å². The lowest BCUT2D eigenvalue weighted by Crippen LogP contribution is -2.35. The Morgan fingerprint density at radius 2 is 1.65 bits per heavy atom. The van der Waals surface area contributed by atoms with Gasteiger partial charge in [0.1, 0.15) is 28.9 Å². The van der Waals surface area contributed by atoms with Gasteiger partial charge in [-0.05, 0) is 54.1 Å².